The van der Waals surface area contributed by atoms with Gasteiger partial charge in [0.05, 0.1) is 18.1 Å². The zero-order chi connectivity index (χ0) is 18.3. The van der Waals surface area contributed by atoms with E-state index in [0.29, 0.717) is 39.3 Å². The van der Waals surface area contributed by atoms with Gasteiger partial charge in [0.1, 0.15) is 0 Å². The van der Waals surface area contributed by atoms with Crippen LogP contribution in [0.25, 0.3) is 0 Å². The number of hydrogen-bond acceptors (Lipinski definition) is 5. The first-order valence-electron chi connectivity index (χ1n) is 8.10. The zero-order valence-corrected chi connectivity index (χ0v) is 14.8. The molecule has 0 spiro atoms. The summed E-state index contributed by atoms with van der Waals surface area (Å²) in [5, 5.41) is 7.79. The van der Waals surface area contributed by atoms with Gasteiger partial charge in [-0.1, -0.05) is 12.1 Å². The quantitative estimate of drug-likeness (QED) is 0.680. The molecule has 25 heavy (non-hydrogen) atoms. The molecule has 1 saturated heterocycles. The first-order valence-corrected chi connectivity index (χ1v) is 9.65. The third-order valence-electron chi connectivity index (χ3n) is 3.92. The number of primary sulfonamides is 1. The first kappa shape index (κ1) is 19.4. The highest BCUT2D eigenvalue weighted by molar-refractivity contribution is 7.89. The van der Waals surface area contributed by atoms with E-state index in [1.54, 1.807) is 17.0 Å². The summed E-state index contributed by atoms with van der Waals surface area (Å²) in [6, 6.07) is 6.20. The van der Waals surface area contributed by atoms with E-state index in [9.17, 15) is 18.0 Å². The molecule has 1 aliphatic rings. The van der Waals surface area contributed by atoms with Gasteiger partial charge in [0.2, 0.25) is 21.8 Å². The van der Waals surface area contributed by atoms with Crippen molar-refractivity contribution in [3.63, 3.8) is 0 Å². The maximum Gasteiger partial charge on any atom is 0.238 e. The lowest BCUT2D eigenvalue weighted by molar-refractivity contribution is -0.137. The van der Waals surface area contributed by atoms with Crippen molar-refractivity contribution in [3.8, 4) is 0 Å². The van der Waals surface area contributed by atoms with Crippen molar-refractivity contribution in [2.75, 3.05) is 32.8 Å². The van der Waals surface area contributed by atoms with Crippen LogP contribution in [0.2, 0.25) is 0 Å². The van der Waals surface area contributed by atoms with Gasteiger partial charge in [-0.2, -0.15) is 0 Å². The SMILES string of the molecule is NS(=O)(=O)c1ccc(CCNC(=O)CCC(=O)N2CCOCC2)cc1. The number of morpholine rings is 1. The monoisotopic (exact) mass is 369 g/mol. The van der Waals surface area contributed by atoms with Crippen molar-refractivity contribution in [1.29, 1.82) is 0 Å². The Labute approximate surface area is 147 Å². The van der Waals surface area contributed by atoms with Crippen LogP contribution >= 0.6 is 0 Å². The lowest BCUT2D eigenvalue weighted by Gasteiger charge is -2.26. The fourth-order valence-corrected chi connectivity index (χ4v) is 2.99. The molecule has 1 fully saturated rings. The van der Waals surface area contributed by atoms with Crippen LogP contribution in [-0.4, -0.2) is 58.0 Å². The Kier molecular flexibility index (Phi) is 6.91. The lowest BCUT2D eigenvalue weighted by atomic mass is 10.1. The number of hydrogen-bond donors (Lipinski definition) is 2. The highest BCUT2D eigenvalue weighted by Crippen LogP contribution is 2.09. The molecule has 2 amide bonds. The molecule has 3 N–H and O–H groups in total. The van der Waals surface area contributed by atoms with Crippen LogP contribution in [0.4, 0.5) is 0 Å². The average Bonchev–Trinajstić information content (AvgIpc) is 2.60. The minimum Gasteiger partial charge on any atom is -0.378 e. The fourth-order valence-electron chi connectivity index (χ4n) is 2.47. The minimum atomic E-state index is -3.69. The number of rotatable bonds is 7. The summed E-state index contributed by atoms with van der Waals surface area (Å²) in [6.07, 6.45) is 0.906. The average molecular weight is 369 g/mol. The van der Waals surface area contributed by atoms with E-state index >= 15 is 0 Å². The van der Waals surface area contributed by atoms with Gasteiger partial charge in [0, 0.05) is 32.5 Å². The van der Waals surface area contributed by atoms with Gasteiger partial charge in [-0.15, -0.1) is 0 Å². The number of carbonyl (C=O) groups is 2. The third kappa shape index (κ3) is 6.45. The Balaban J connectivity index is 1.67. The van der Waals surface area contributed by atoms with E-state index in [0.717, 1.165) is 5.56 Å². The van der Waals surface area contributed by atoms with Gasteiger partial charge in [0.25, 0.3) is 0 Å². The normalized spacial score (nSPS) is 15.0. The van der Waals surface area contributed by atoms with Crippen molar-refractivity contribution in [3.05, 3.63) is 29.8 Å². The number of ether oxygens (including phenoxy) is 1. The minimum absolute atomic E-state index is 0.0305. The Morgan fingerprint density at radius 2 is 1.76 bits per heavy atom. The summed E-state index contributed by atoms with van der Waals surface area (Å²) in [4.78, 5) is 25.5. The summed E-state index contributed by atoms with van der Waals surface area (Å²) in [6.45, 7) is 2.66. The number of amides is 2. The number of nitrogens with two attached hydrogens (primary N) is 1. The zero-order valence-electron chi connectivity index (χ0n) is 13.9. The number of nitrogens with one attached hydrogen (secondary N) is 1. The molecule has 0 aliphatic carbocycles. The van der Waals surface area contributed by atoms with Gasteiger partial charge < -0.3 is 15.0 Å². The number of benzene rings is 1. The van der Waals surface area contributed by atoms with Gasteiger partial charge in [0.15, 0.2) is 0 Å². The van der Waals surface area contributed by atoms with Crippen molar-refractivity contribution < 1.29 is 22.7 Å². The molecule has 1 aliphatic heterocycles. The van der Waals surface area contributed by atoms with E-state index < -0.39 is 10.0 Å². The molecule has 1 aromatic rings. The molecule has 1 heterocycles. The molecule has 0 saturated carbocycles. The Morgan fingerprint density at radius 1 is 1.12 bits per heavy atom. The Bertz CT molecular complexity index is 697. The predicted octanol–water partition coefficient (Wildman–Crippen LogP) is -0.368. The van der Waals surface area contributed by atoms with Crippen LogP contribution in [0.3, 0.4) is 0 Å². The fraction of sp³-hybridized carbons (Fsp3) is 0.500. The van der Waals surface area contributed by atoms with Crippen molar-refractivity contribution in [2.24, 2.45) is 5.14 Å². The number of sulfonamides is 1. The van der Waals surface area contributed by atoms with E-state index in [1.807, 2.05) is 0 Å². The van der Waals surface area contributed by atoms with Crippen molar-refractivity contribution in [1.82, 2.24) is 10.2 Å². The van der Waals surface area contributed by atoms with Crippen LogP contribution in [-0.2, 0) is 30.8 Å². The molecule has 138 valence electrons. The molecule has 9 heteroatoms. The Morgan fingerprint density at radius 3 is 2.36 bits per heavy atom. The maximum atomic E-state index is 11.9. The highest BCUT2D eigenvalue weighted by atomic mass is 32.2. The maximum absolute atomic E-state index is 11.9. The van der Waals surface area contributed by atoms with Gasteiger partial charge in [-0.3, -0.25) is 9.59 Å². The van der Waals surface area contributed by atoms with Crippen LogP contribution in [0, 0.1) is 0 Å². The van der Waals surface area contributed by atoms with Crippen molar-refractivity contribution in [2.45, 2.75) is 24.2 Å². The lowest BCUT2D eigenvalue weighted by Crippen LogP contribution is -2.41. The molecule has 2 rings (SSSR count). The summed E-state index contributed by atoms with van der Waals surface area (Å²) >= 11 is 0. The molecular weight excluding hydrogens is 346 g/mol. The van der Waals surface area contributed by atoms with Gasteiger partial charge in [-0.05, 0) is 24.1 Å². The van der Waals surface area contributed by atoms with Crippen LogP contribution in [0.15, 0.2) is 29.2 Å². The molecular formula is C16H23N3O5S. The van der Waals surface area contributed by atoms with Gasteiger partial charge >= 0.3 is 0 Å². The van der Waals surface area contributed by atoms with Crippen LogP contribution in [0.1, 0.15) is 18.4 Å². The Hall–Kier alpha value is -1.97. The molecule has 1 aromatic carbocycles. The number of nitrogens with zero attached hydrogens (tertiary/aromatic N) is 1. The summed E-state index contributed by atoms with van der Waals surface area (Å²) < 4.78 is 27.5. The second-order valence-electron chi connectivity index (χ2n) is 5.78. The van der Waals surface area contributed by atoms with E-state index in [1.165, 1.54) is 12.1 Å². The van der Waals surface area contributed by atoms with E-state index in [2.05, 4.69) is 5.32 Å². The molecule has 0 bridgehead atoms. The van der Waals surface area contributed by atoms with Gasteiger partial charge in [-0.25, -0.2) is 13.6 Å². The molecule has 0 aromatic heterocycles. The predicted molar refractivity (Wildman–Crippen MR) is 91.2 cm³/mol. The first-order chi connectivity index (χ1) is 11.9. The largest absolute Gasteiger partial charge is 0.378 e. The standard InChI is InChI=1S/C16H23N3O5S/c17-25(22,23)14-3-1-13(2-4-14)7-8-18-15(20)5-6-16(21)19-9-11-24-12-10-19/h1-4H,5-12H2,(H,18,20)(H2,17,22,23). The van der Waals surface area contributed by atoms with Crippen molar-refractivity contribution >= 4 is 21.8 Å². The number of carbonyl (C=O) groups excluding carboxylic acids is 2. The molecule has 0 radical (unpaired) electrons. The van der Waals surface area contributed by atoms with Crippen LogP contribution < -0.4 is 10.5 Å². The second kappa shape index (κ2) is 8.93. The summed E-state index contributed by atoms with van der Waals surface area (Å²) in [7, 11) is -3.69. The molecule has 0 unspecified atom stereocenters. The topological polar surface area (TPSA) is 119 Å². The highest BCUT2D eigenvalue weighted by Gasteiger charge is 2.17. The van der Waals surface area contributed by atoms with E-state index in [4.69, 9.17) is 9.88 Å². The smallest absolute Gasteiger partial charge is 0.238 e. The molecule has 8 nitrogen and oxygen atoms in total. The third-order valence-corrected chi connectivity index (χ3v) is 4.85. The van der Waals surface area contributed by atoms with Crippen LogP contribution in [0.5, 0.6) is 0 Å². The molecule has 0 atom stereocenters. The summed E-state index contributed by atoms with van der Waals surface area (Å²) in [5.74, 6) is -0.209. The second-order valence-corrected chi connectivity index (χ2v) is 7.34. The summed E-state index contributed by atoms with van der Waals surface area (Å²) in [5.41, 5.74) is 0.886. The van der Waals surface area contributed by atoms with E-state index in [-0.39, 0.29) is 29.6 Å².